The summed E-state index contributed by atoms with van der Waals surface area (Å²) in [5.41, 5.74) is 2.42. The van der Waals surface area contributed by atoms with Gasteiger partial charge in [-0.25, -0.2) is 14.3 Å². The molecule has 84 valence electrons. The highest BCUT2D eigenvalue weighted by Gasteiger charge is 2.17. The quantitative estimate of drug-likeness (QED) is 0.562. The van der Waals surface area contributed by atoms with Crippen molar-refractivity contribution in [3.05, 3.63) is 28.2 Å². The van der Waals surface area contributed by atoms with Crippen molar-refractivity contribution in [1.82, 2.24) is 14.6 Å². The van der Waals surface area contributed by atoms with Gasteiger partial charge >= 0.3 is 5.97 Å². The predicted molar refractivity (Wildman–Crippen MR) is 58.8 cm³/mol. The summed E-state index contributed by atoms with van der Waals surface area (Å²) in [6, 6.07) is 0. The number of nitrogens with zero attached hydrogens (tertiary/aromatic N) is 3. The monoisotopic (exact) mass is 239 g/mol. The number of esters is 1. The van der Waals surface area contributed by atoms with E-state index in [1.807, 2.05) is 13.8 Å². The van der Waals surface area contributed by atoms with E-state index >= 15 is 0 Å². The summed E-state index contributed by atoms with van der Waals surface area (Å²) < 4.78 is 6.21. The third kappa shape index (κ3) is 1.44. The van der Waals surface area contributed by atoms with Crippen LogP contribution < -0.4 is 0 Å². The van der Waals surface area contributed by atoms with Crippen molar-refractivity contribution in [3.63, 3.8) is 0 Å². The Kier molecular flexibility index (Phi) is 2.55. The van der Waals surface area contributed by atoms with Gasteiger partial charge in [-0.2, -0.15) is 5.10 Å². The lowest BCUT2D eigenvalue weighted by Gasteiger charge is -2.05. The van der Waals surface area contributed by atoms with E-state index in [9.17, 15) is 4.79 Å². The van der Waals surface area contributed by atoms with Crippen molar-refractivity contribution in [2.45, 2.75) is 13.8 Å². The molecule has 0 aliphatic carbocycles. The number of rotatable bonds is 1. The minimum atomic E-state index is -0.471. The zero-order valence-corrected chi connectivity index (χ0v) is 9.87. The summed E-state index contributed by atoms with van der Waals surface area (Å²) >= 11 is 5.97. The first-order chi connectivity index (χ1) is 7.56. The Hall–Kier alpha value is -1.62. The molecule has 2 aromatic heterocycles. The Labute approximate surface area is 97.0 Å². The smallest absolute Gasteiger partial charge is 0.343 e. The molecule has 2 rings (SSSR count). The minimum Gasteiger partial charge on any atom is -0.465 e. The maximum Gasteiger partial charge on any atom is 0.343 e. The van der Waals surface area contributed by atoms with Crippen LogP contribution in [-0.2, 0) is 4.74 Å². The summed E-state index contributed by atoms with van der Waals surface area (Å²) in [5.74, 6) is -0.471. The van der Waals surface area contributed by atoms with E-state index in [1.165, 1.54) is 13.3 Å². The summed E-state index contributed by atoms with van der Waals surface area (Å²) in [4.78, 5) is 15.6. The number of aryl methyl sites for hydroxylation is 1. The number of fused-ring (bicyclic) bond motifs is 1. The van der Waals surface area contributed by atoms with Crippen molar-refractivity contribution in [1.29, 1.82) is 0 Å². The molecule has 5 nitrogen and oxygen atoms in total. The fraction of sp³-hybridized carbons (Fsp3) is 0.300. The molecule has 0 radical (unpaired) electrons. The Balaban J connectivity index is 2.79. The average Bonchev–Trinajstić information content (AvgIpc) is 2.68. The SMILES string of the molecule is COC(=O)c1cnn2c(C)c(C)c(Cl)nc12. The van der Waals surface area contributed by atoms with Crippen molar-refractivity contribution in [2.24, 2.45) is 0 Å². The minimum absolute atomic E-state index is 0.313. The molecule has 0 atom stereocenters. The summed E-state index contributed by atoms with van der Waals surface area (Å²) in [6.45, 7) is 3.72. The standard InChI is InChI=1S/C10H10ClN3O2/c1-5-6(2)14-9(13-8(5)11)7(4-12-14)10(15)16-3/h4H,1-3H3. The Bertz CT molecular complexity index is 577. The van der Waals surface area contributed by atoms with Gasteiger partial charge in [-0.05, 0) is 13.8 Å². The number of carbonyl (C=O) groups excluding carboxylic acids is 1. The van der Waals surface area contributed by atoms with Crippen molar-refractivity contribution < 1.29 is 9.53 Å². The summed E-state index contributed by atoms with van der Waals surface area (Å²) in [5, 5.41) is 4.45. The molecule has 0 unspecified atom stereocenters. The molecule has 0 amide bonds. The maximum absolute atomic E-state index is 11.4. The van der Waals surface area contributed by atoms with Crippen LogP contribution in [0.15, 0.2) is 6.20 Å². The lowest BCUT2D eigenvalue weighted by Crippen LogP contribution is -2.04. The summed E-state index contributed by atoms with van der Waals surface area (Å²) in [7, 11) is 1.31. The van der Waals surface area contributed by atoms with Crippen LogP contribution >= 0.6 is 11.6 Å². The van der Waals surface area contributed by atoms with Gasteiger partial charge in [-0.15, -0.1) is 0 Å². The van der Waals surface area contributed by atoms with E-state index in [1.54, 1.807) is 4.52 Å². The van der Waals surface area contributed by atoms with E-state index in [0.717, 1.165) is 11.3 Å². The molecule has 0 bridgehead atoms. The number of halogens is 1. The molecule has 2 aromatic rings. The normalized spacial score (nSPS) is 10.8. The van der Waals surface area contributed by atoms with Crippen LogP contribution in [0.25, 0.3) is 5.65 Å². The summed E-state index contributed by atoms with van der Waals surface area (Å²) in [6.07, 6.45) is 1.43. The first-order valence-corrected chi connectivity index (χ1v) is 5.02. The fourth-order valence-corrected chi connectivity index (χ4v) is 1.65. The molecule has 0 aromatic carbocycles. The molecule has 0 aliphatic rings. The van der Waals surface area contributed by atoms with Crippen molar-refractivity contribution in [2.75, 3.05) is 7.11 Å². The first-order valence-electron chi connectivity index (χ1n) is 4.65. The third-order valence-corrected chi connectivity index (χ3v) is 2.89. The molecule has 0 fully saturated rings. The highest BCUT2D eigenvalue weighted by molar-refractivity contribution is 6.30. The van der Waals surface area contributed by atoms with Gasteiger partial charge in [0.25, 0.3) is 0 Å². The van der Waals surface area contributed by atoms with Crippen LogP contribution in [0.2, 0.25) is 5.15 Å². The number of ether oxygens (including phenoxy) is 1. The second kappa shape index (κ2) is 3.75. The molecule has 16 heavy (non-hydrogen) atoms. The number of aromatic nitrogens is 3. The zero-order chi connectivity index (χ0) is 11.9. The Morgan fingerprint density at radius 3 is 2.81 bits per heavy atom. The first kappa shape index (κ1) is 10.9. The average molecular weight is 240 g/mol. The highest BCUT2D eigenvalue weighted by Crippen LogP contribution is 2.20. The number of carbonyl (C=O) groups is 1. The second-order valence-electron chi connectivity index (χ2n) is 3.40. The van der Waals surface area contributed by atoms with Crippen molar-refractivity contribution >= 4 is 23.2 Å². The molecule has 0 N–H and O–H groups in total. The number of methoxy groups -OCH3 is 1. The predicted octanol–water partition coefficient (Wildman–Crippen LogP) is 1.79. The van der Waals surface area contributed by atoms with Gasteiger partial charge in [-0.1, -0.05) is 11.6 Å². The maximum atomic E-state index is 11.4. The van der Waals surface area contributed by atoms with E-state index in [-0.39, 0.29) is 0 Å². The van der Waals surface area contributed by atoms with Gasteiger partial charge in [0, 0.05) is 11.3 Å². The van der Waals surface area contributed by atoms with Gasteiger partial charge in [0.2, 0.25) is 0 Å². The Morgan fingerprint density at radius 1 is 1.50 bits per heavy atom. The van der Waals surface area contributed by atoms with Gasteiger partial charge < -0.3 is 4.74 Å². The van der Waals surface area contributed by atoms with E-state index in [2.05, 4.69) is 14.8 Å². The van der Waals surface area contributed by atoms with Gasteiger partial charge in [-0.3, -0.25) is 0 Å². The molecule has 0 spiro atoms. The van der Waals surface area contributed by atoms with Crippen LogP contribution in [0.3, 0.4) is 0 Å². The molecule has 0 saturated heterocycles. The van der Waals surface area contributed by atoms with E-state index in [0.29, 0.717) is 16.4 Å². The highest BCUT2D eigenvalue weighted by atomic mass is 35.5. The van der Waals surface area contributed by atoms with E-state index < -0.39 is 5.97 Å². The van der Waals surface area contributed by atoms with Crippen LogP contribution in [0.1, 0.15) is 21.6 Å². The van der Waals surface area contributed by atoms with Crippen LogP contribution in [0, 0.1) is 13.8 Å². The number of hydrogen-bond acceptors (Lipinski definition) is 4. The molecule has 6 heteroatoms. The lowest BCUT2D eigenvalue weighted by molar-refractivity contribution is 0.0602. The molecular weight excluding hydrogens is 230 g/mol. The van der Waals surface area contributed by atoms with Crippen LogP contribution in [0.4, 0.5) is 0 Å². The lowest BCUT2D eigenvalue weighted by atomic mass is 10.2. The largest absolute Gasteiger partial charge is 0.465 e. The van der Waals surface area contributed by atoms with Crippen LogP contribution in [0.5, 0.6) is 0 Å². The molecule has 0 aliphatic heterocycles. The molecule has 2 heterocycles. The fourth-order valence-electron chi connectivity index (χ4n) is 1.43. The third-order valence-electron chi connectivity index (χ3n) is 2.52. The topological polar surface area (TPSA) is 56.5 Å². The number of hydrogen-bond donors (Lipinski definition) is 0. The second-order valence-corrected chi connectivity index (χ2v) is 3.76. The Morgan fingerprint density at radius 2 is 2.19 bits per heavy atom. The van der Waals surface area contributed by atoms with E-state index in [4.69, 9.17) is 11.6 Å². The van der Waals surface area contributed by atoms with Crippen molar-refractivity contribution in [3.8, 4) is 0 Å². The zero-order valence-electron chi connectivity index (χ0n) is 9.11. The molecule has 0 saturated carbocycles. The molecular formula is C10H10ClN3O2. The van der Waals surface area contributed by atoms with Gasteiger partial charge in [0.1, 0.15) is 10.7 Å². The van der Waals surface area contributed by atoms with Gasteiger partial charge in [0.05, 0.1) is 13.3 Å². The van der Waals surface area contributed by atoms with Gasteiger partial charge in [0.15, 0.2) is 5.65 Å². The van der Waals surface area contributed by atoms with Crippen LogP contribution in [-0.4, -0.2) is 27.7 Å².